The summed E-state index contributed by atoms with van der Waals surface area (Å²) in [4.78, 5) is 0. The standard InChI is InChI=1S/C8H17NO2/c1-9-5-6-11-8-4-2-3-7(8)10/h7-10H,2-6H2,1H3. The quantitative estimate of drug-likeness (QED) is 0.573. The minimum absolute atomic E-state index is 0.100. The van der Waals surface area contributed by atoms with E-state index in [9.17, 15) is 5.11 Å². The van der Waals surface area contributed by atoms with E-state index in [1.165, 1.54) is 0 Å². The monoisotopic (exact) mass is 159 g/mol. The van der Waals surface area contributed by atoms with E-state index < -0.39 is 0 Å². The Labute approximate surface area is 67.7 Å². The summed E-state index contributed by atoms with van der Waals surface area (Å²) < 4.78 is 5.44. The summed E-state index contributed by atoms with van der Waals surface area (Å²) in [5.74, 6) is 0. The number of likely N-dealkylation sites (N-methyl/N-ethyl adjacent to an activating group) is 1. The lowest BCUT2D eigenvalue weighted by atomic mass is 10.3. The van der Waals surface area contributed by atoms with Gasteiger partial charge in [-0.05, 0) is 26.3 Å². The molecular formula is C8H17NO2. The average Bonchev–Trinajstić information content (AvgIpc) is 2.37. The first-order chi connectivity index (χ1) is 5.34. The van der Waals surface area contributed by atoms with E-state index in [1.807, 2.05) is 7.05 Å². The SMILES string of the molecule is CNCCOC1CCCC1O. The van der Waals surface area contributed by atoms with E-state index in [0.717, 1.165) is 25.8 Å². The molecule has 0 amide bonds. The molecule has 2 N–H and O–H groups in total. The summed E-state index contributed by atoms with van der Waals surface area (Å²) in [5, 5.41) is 12.3. The van der Waals surface area contributed by atoms with E-state index in [0.29, 0.717) is 6.61 Å². The molecule has 3 heteroatoms. The zero-order valence-corrected chi connectivity index (χ0v) is 7.05. The van der Waals surface area contributed by atoms with Crippen molar-refractivity contribution in [1.29, 1.82) is 0 Å². The Morgan fingerprint density at radius 1 is 1.55 bits per heavy atom. The second-order valence-electron chi connectivity index (χ2n) is 3.01. The minimum atomic E-state index is -0.216. The Kier molecular flexibility index (Phi) is 3.83. The van der Waals surface area contributed by atoms with Crippen molar-refractivity contribution in [3.8, 4) is 0 Å². The molecule has 0 aromatic carbocycles. The van der Waals surface area contributed by atoms with Gasteiger partial charge in [-0.2, -0.15) is 0 Å². The molecule has 0 spiro atoms. The molecule has 3 nitrogen and oxygen atoms in total. The lowest BCUT2D eigenvalue weighted by Gasteiger charge is -2.14. The topological polar surface area (TPSA) is 41.5 Å². The molecule has 1 saturated carbocycles. The number of nitrogens with one attached hydrogen (secondary N) is 1. The van der Waals surface area contributed by atoms with Crippen LogP contribution in [0.4, 0.5) is 0 Å². The molecule has 1 fully saturated rings. The van der Waals surface area contributed by atoms with Crippen molar-refractivity contribution in [2.24, 2.45) is 0 Å². The summed E-state index contributed by atoms with van der Waals surface area (Å²) in [6.07, 6.45) is 2.91. The van der Waals surface area contributed by atoms with E-state index in [2.05, 4.69) is 5.32 Å². The van der Waals surface area contributed by atoms with E-state index in [-0.39, 0.29) is 12.2 Å². The highest BCUT2D eigenvalue weighted by atomic mass is 16.5. The van der Waals surface area contributed by atoms with Gasteiger partial charge in [0, 0.05) is 6.54 Å². The number of hydrogen-bond donors (Lipinski definition) is 2. The lowest BCUT2D eigenvalue weighted by molar-refractivity contribution is -0.0165. The number of ether oxygens (including phenoxy) is 1. The highest BCUT2D eigenvalue weighted by molar-refractivity contribution is 4.76. The van der Waals surface area contributed by atoms with Crippen molar-refractivity contribution in [2.75, 3.05) is 20.2 Å². The van der Waals surface area contributed by atoms with E-state index >= 15 is 0 Å². The van der Waals surface area contributed by atoms with Crippen LogP contribution in [0.3, 0.4) is 0 Å². The van der Waals surface area contributed by atoms with Gasteiger partial charge in [0.1, 0.15) is 0 Å². The summed E-state index contributed by atoms with van der Waals surface area (Å²) in [6.45, 7) is 1.57. The fourth-order valence-electron chi connectivity index (χ4n) is 1.41. The predicted molar refractivity (Wildman–Crippen MR) is 43.5 cm³/mol. The van der Waals surface area contributed by atoms with Gasteiger partial charge in [0.15, 0.2) is 0 Å². The van der Waals surface area contributed by atoms with Crippen LogP contribution in [0, 0.1) is 0 Å². The lowest BCUT2D eigenvalue weighted by Crippen LogP contribution is -2.26. The molecule has 2 unspecified atom stereocenters. The smallest absolute Gasteiger partial charge is 0.0834 e. The first kappa shape index (κ1) is 8.97. The first-order valence-corrected chi connectivity index (χ1v) is 4.29. The van der Waals surface area contributed by atoms with Crippen molar-refractivity contribution in [3.05, 3.63) is 0 Å². The van der Waals surface area contributed by atoms with Crippen LogP contribution in [0.5, 0.6) is 0 Å². The Morgan fingerprint density at radius 2 is 2.36 bits per heavy atom. The van der Waals surface area contributed by atoms with Gasteiger partial charge in [-0.25, -0.2) is 0 Å². The summed E-state index contributed by atoms with van der Waals surface area (Å²) in [5.41, 5.74) is 0. The van der Waals surface area contributed by atoms with Gasteiger partial charge in [0.25, 0.3) is 0 Å². The number of hydrogen-bond acceptors (Lipinski definition) is 3. The molecule has 0 bridgehead atoms. The molecule has 1 aliphatic carbocycles. The van der Waals surface area contributed by atoms with Crippen molar-refractivity contribution < 1.29 is 9.84 Å². The molecule has 0 saturated heterocycles. The second kappa shape index (κ2) is 4.70. The second-order valence-corrected chi connectivity index (χ2v) is 3.01. The van der Waals surface area contributed by atoms with Crippen LogP contribution in [0.15, 0.2) is 0 Å². The van der Waals surface area contributed by atoms with Gasteiger partial charge in [0.2, 0.25) is 0 Å². The molecule has 11 heavy (non-hydrogen) atoms. The summed E-state index contributed by atoms with van der Waals surface area (Å²) in [6, 6.07) is 0. The Balaban J connectivity index is 2.05. The van der Waals surface area contributed by atoms with Crippen molar-refractivity contribution in [2.45, 2.75) is 31.5 Å². The first-order valence-electron chi connectivity index (χ1n) is 4.29. The molecular weight excluding hydrogens is 142 g/mol. The Morgan fingerprint density at radius 3 is 2.91 bits per heavy atom. The molecule has 0 radical (unpaired) electrons. The van der Waals surface area contributed by atoms with E-state index in [4.69, 9.17) is 4.74 Å². The summed E-state index contributed by atoms with van der Waals surface area (Å²) >= 11 is 0. The minimum Gasteiger partial charge on any atom is -0.390 e. The van der Waals surface area contributed by atoms with Crippen molar-refractivity contribution in [1.82, 2.24) is 5.32 Å². The molecule has 1 rings (SSSR count). The van der Waals surface area contributed by atoms with Crippen molar-refractivity contribution in [3.63, 3.8) is 0 Å². The van der Waals surface area contributed by atoms with Crippen molar-refractivity contribution >= 4 is 0 Å². The fourth-order valence-corrected chi connectivity index (χ4v) is 1.41. The third-order valence-electron chi connectivity index (χ3n) is 2.10. The Bertz CT molecular complexity index is 108. The zero-order chi connectivity index (χ0) is 8.10. The van der Waals surface area contributed by atoms with Crippen LogP contribution in [-0.4, -0.2) is 37.5 Å². The van der Waals surface area contributed by atoms with Gasteiger partial charge in [0.05, 0.1) is 18.8 Å². The van der Waals surface area contributed by atoms with Crippen LogP contribution in [0.2, 0.25) is 0 Å². The molecule has 0 aliphatic heterocycles. The average molecular weight is 159 g/mol. The third kappa shape index (κ3) is 2.77. The van der Waals surface area contributed by atoms with Gasteiger partial charge >= 0.3 is 0 Å². The molecule has 66 valence electrons. The van der Waals surface area contributed by atoms with Crippen LogP contribution in [0.1, 0.15) is 19.3 Å². The fraction of sp³-hybridized carbons (Fsp3) is 1.00. The molecule has 2 atom stereocenters. The predicted octanol–water partition coefficient (Wildman–Crippen LogP) is 0.136. The highest BCUT2D eigenvalue weighted by Gasteiger charge is 2.25. The highest BCUT2D eigenvalue weighted by Crippen LogP contribution is 2.21. The van der Waals surface area contributed by atoms with Crippen LogP contribution >= 0.6 is 0 Å². The molecule has 0 aromatic rings. The molecule has 0 aromatic heterocycles. The third-order valence-corrected chi connectivity index (χ3v) is 2.10. The molecule has 1 aliphatic rings. The number of aliphatic hydroxyl groups is 1. The maximum Gasteiger partial charge on any atom is 0.0834 e. The Hall–Kier alpha value is -0.120. The zero-order valence-electron chi connectivity index (χ0n) is 7.05. The maximum atomic E-state index is 9.34. The van der Waals surface area contributed by atoms with E-state index in [1.54, 1.807) is 0 Å². The molecule has 0 heterocycles. The van der Waals surface area contributed by atoms with Gasteiger partial charge in [-0.15, -0.1) is 0 Å². The largest absolute Gasteiger partial charge is 0.390 e. The summed E-state index contributed by atoms with van der Waals surface area (Å²) in [7, 11) is 1.90. The van der Waals surface area contributed by atoms with Gasteiger partial charge in [-0.1, -0.05) is 0 Å². The maximum absolute atomic E-state index is 9.34. The van der Waals surface area contributed by atoms with Gasteiger partial charge in [-0.3, -0.25) is 0 Å². The van der Waals surface area contributed by atoms with Crippen LogP contribution in [0.25, 0.3) is 0 Å². The normalized spacial score (nSPS) is 31.1. The van der Waals surface area contributed by atoms with Crippen LogP contribution in [-0.2, 0) is 4.74 Å². The number of aliphatic hydroxyl groups excluding tert-OH is 1. The van der Waals surface area contributed by atoms with Crippen LogP contribution < -0.4 is 5.32 Å². The number of rotatable bonds is 4. The van der Waals surface area contributed by atoms with Gasteiger partial charge < -0.3 is 15.2 Å².